The molecule has 0 atom stereocenters. The first-order valence-electron chi connectivity index (χ1n) is 3.87. The summed E-state index contributed by atoms with van der Waals surface area (Å²) in [5.74, 6) is -0.484. The van der Waals surface area contributed by atoms with Crippen molar-refractivity contribution in [3.8, 4) is 0 Å². The van der Waals surface area contributed by atoms with Crippen molar-refractivity contribution in [2.45, 2.75) is 6.92 Å². The predicted octanol–water partition coefficient (Wildman–Crippen LogP) is 1.57. The number of hydrogen-bond acceptors (Lipinski definition) is 2. The fourth-order valence-corrected chi connectivity index (χ4v) is 1.54. The molecule has 0 bridgehead atoms. The lowest BCUT2D eigenvalue weighted by Gasteiger charge is -2.04. The van der Waals surface area contributed by atoms with Crippen LogP contribution in [0.3, 0.4) is 0 Å². The summed E-state index contributed by atoms with van der Waals surface area (Å²) in [6, 6.07) is 4.29. The molecule has 4 nitrogen and oxygen atoms in total. The summed E-state index contributed by atoms with van der Waals surface area (Å²) in [6.45, 7) is 1.78. The van der Waals surface area contributed by atoms with Crippen LogP contribution < -0.4 is 11.1 Å². The van der Waals surface area contributed by atoms with Crippen LogP contribution in [-0.4, -0.2) is 11.9 Å². The third kappa shape index (κ3) is 2.56. The average Bonchev–Trinajstić information content (AvgIpc) is 2.01. The van der Waals surface area contributed by atoms with Gasteiger partial charge in [-0.1, -0.05) is 15.9 Å². The van der Waals surface area contributed by atoms with E-state index in [0.717, 1.165) is 10.0 Å². The summed E-state index contributed by atoms with van der Waals surface area (Å²) in [5.41, 5.74) is 6.04. The first-order chi connectivity index (χ1) is 6.50. The Morgan fingerprint density at radius 3 is 2.57 bits per heavy atom. The molecule has 5 heteroatoms. The molecular formula is C9H9BrN2O2. The zero-order chi connectivity index (χ0) is 10.7. The lowest BCUT2D eigenvalue weighted by molar-refractivity contribution is 0.0965. The maximum absolute atomic E-state index is 11.4. The molecular weight excluding hydrogens is 248 g/mol. The molecule has 0 aliphatic rings. The second-order valence-corrected chi connectivity index (χ2v) is 3.69. The molecule has 3 amide bonds. The number of rotatable bonds is 1. The number of carbonyl (C=O) groups is 2. The van der Waals surface area contributed by atoms with Gasteiger partial charge in [0.05, 0.1) is 0 Å². The minimum atomic E-state index is -0.850. The van der Waals surface area contributed by atoms with E-state index in [1.165, 1.54) is 0 Å². The molecule has 14 heavy (non-hydrogen) atoms. The molecule has 0 radical (unpaired) electrons. The minimum absolute atomic E-state index is 0.437. The van der Waals surface area contributed by atoms with Crippen molar-refractivity contribution < 1.29 is 9.59 Å². The number of carbonyl (C=O) groups excluding carboxylic acids is 2. The molecule has 74 valence electrons. The third-order valence-electron chi connectivity index (χ3n) is 1.67. The molecule has 0 saturated heterocycles. The number of aryl methyl sites for hydroxylation is 1. The quantitative estimate of drug-likeness (QED) is 0.801. The second kappa shape index (κ2) is 4.23. The van der Waals surface area contributed by atoms with Crippen LogP contribution in [0.25, 0.3) is 0 Å². The molecule has 0 heterocycles. The van der Waals surface area contributed by atoms with Crippen molar-refractivity contribution in [2.24, 2.45) is 5.73 Å². The number of urea groups is 1. The monoisotopic (exact) mass is 256 g/mol. The predicted molar refractivity (Wildman–Crippen MR) is 55.9 cm³/mol. The van der Waals surface area contributed by atoms with Crippen LogP contribution in [0.15, 0.2) is 22.7 Å². The fraction of sp³-hybridized carbons (Fsp3) is 0.111. The van der Waals surface area contributed by atoms with Crippen molar-refractivity contribution in [1.29, 1.82) is 0 Å². The lowest BCUT2D eigenvalue weighted by atomic mass is 10.1. The normalized spacial score (nSPS) is 9.57. The number of imide groups is 1. The van der Waals surface area contributed by atoms with Gasteiger partial charge >= 0.3 is 6.03 Å². The van der Waals surface area contributed by atoms with E-state index < -0.39 is 11.9 Å². The van der Waals surface area contributed by atoms with E-state index in [1.54, 1.807) is 25.1 Å². The van der Waals surface area contributed by atoms with Gasteiger partial charge in [0, 0.05) is 10.0 Å². The van der Waals surface area contributed by atoms with Gasteiger partial charge in [0.25, 0.3) is 5.91 Å². The van der Waals surface area contributed by atoms with Gasteiger partial charge in [-0.15, -0.1) is 0 Å². The van der Waals surface area contributed by atoms with E-state index in [0.29, 0.717) is 5.56 Å². The summed E-state index contributed by atoms with van der Waals surface area (Å²) in [4.78, 5) is 21.8. The zero-order valence-corrected chi connectivity index (χ0v) is 9.09. The van der Waals surface area contributed by atoms with Crippen LogP contribution in [0.1, 0.15) is 15.9 Å². The summed E-state index contributed by atoms with van der Waals surface area (Å²) in [7, 11) is 0. The molecule has 1 aromatic rings. The number of hydrogen-bond donors (Lipinski definition) is 2. The summed E-state index contributed by atoms with van der Waals surface area (Å²) in [6.07, 6.45) is 0. The van der Waals surface area contributed by atoms with E-state index in [9.17, 15) is 9.59 Å². The Morgan fingerprint density at radius 1 is 1.43 bits per heavy atom. The van der Waals surface area contributed by atoms with Gasteiger partial charge in [0.1, 0.15) is 0 Å². The third-order valence-corrected chi connectivity index (χ3v) is 2.16. The van der Waals surface area contributed by atoms with E-state index in [-0.39, 0.29) is 0 Å². The van der Waals surface area contributed by atoms with Gasteiger partial charge < -0.3 is 5.73 Å². The zero-order valence-electron chi connectivity index (χ0n) is 7.50. The summed E-state index contributed by atoms with van der Waals surface area (Å²) in [5, 5.41) is 2.00. The van der Waals surface area contributed by atoms with Crippen LogP contribution in [0.2, 0.25) is 0 Å². The van der Waals surface area contributed by atoms with Crippen LogP contribution >= 0.6 is 15.9 Å². The van der Waals surface area contributed by atoms with Gasteiger partial charge in [-0.05, 0) is 30.7 Å². The van der Waals surface area contributed by atoms with Crippen molar-refractivity contribution in [3.63, 3.8) is 0 Å². The van der Waals surface area contributed by atoms with Crippen molar-refractivity contribution in [3.05, 3.63) is 33.8 Å². The first-order valence-corrected chi connectivity index (χ1v) is 4.67. The Bertz CT molecular complexity index is 390. The van der Waals surface area contributed by atoms with Gasteiger partial charge in [-0.2, -0.15) is 0 Å². The highest BCUT2D eigenvalue weighted by Gasteiger charge is 2.10. The molecule has 0 fully saturated rings. The molecule has 0 aromatic heterocycles. The number of benzene rings is 1. The van der Waals surface area contributed by atoms with Crippen LogP contribution in [0.4, 0.5) is 4.79 Å². The van der Waals surface area contributed by atoms with E-state index in [2.05, 4.69) is 15.9 Å². The lowest BCUT2D eigenvalue weighted by Crippen LogP contribution is -2.35. The Balaban J connectivity index is 2.96. The Hall–Kier alpha value is -1.36. The molecule has 0 aliphatic heterocycles. The van der Waals surface area contributed by atoms with Crippen molar-refractivity contribution in [1.82, 2.24) is 5.32 Å². The van der Waals surface area contributed by atoms with Crippen LogP contribution in [0, 0.1) is 6.92 Å². The van der Waals surface area contributed by atoms with E-state index >= 15 is 0 Å². The van der Waals surface area contributed by atoms with Crippen molar-refractivity contribution >= 4 is 27.9 Å². The number of halogens is 1. The highest BCUT2D eigenvalue weighted by molar-refractivity contribution is 9.10. The number of nitrogens with one attached hydrogen (secondary N) is 1. The van der Waals surface area contributed by atoms with Gasteiger partial charge in [-0.25, -0.2) is 4.79 Å². The molecule has 0 spiro atoms. The van der Waals surface area contributed by atoms with Gasteiger partial charge in [0.2, 0.25) is 0 Å². The van der Waals surface area contributed by atoms with Crippen molar-refractivity contribution in [2.75, 3.05) is 0 Å². The first kappa shape index (κ1) is 10.7. The molecule has 1 rings (SSSR count). The number of primary amides is 1. The fourth-order valence-electron chi connectivity index (χ4n) is 1.06. The second-order valence-electron chi connectivity index (χ2n) is 2.78. The summed E-state index contributed by atoms with van der Waals surface area (Å²) < 4.78 is 0.880. The summed E-state index contributed by atoms with van der Waals surface area (Å²) >= 11 is 3.27. The highest BCUT2D eigenvalue weighted by atomic mass is 79.9. The molecule has 1 aromatic carbocycles. The van der Waals surface area contributed by atoms with Crippen LogP contribution in [-0.2, 0) is 0 Å². The van der Waals surface area contributed by atoms with Gasteiger partial charge in [0.15, 0.2) is 0 Å². The smallest absolute Gasteiger partial charge is 0.319 e. The average molecular weight is 257 g/mol. The Kier molecular flexibility index (Phi) is 3.24. The molecule has 0 unspecified atom stereocenters. The molecule has 0 saturated carbocycles. The SMILES string of the molecule is Cc1cc(Br)ccc1C(=O)NC(N)=O. The minimum Gasteiger partial charge on any atom is -0.351 e. The number of amides is 3. The number of nitrogens with two attached hydrogens (primary N) is 1. The van der Waals surface area contributed by atoms with E-state index in [4.69, 9.17) is 5.73 Å². The van der Waals surface area contributed by atoms with E-state index in [1.807, 2.05) is 5.32 Å². The van der Waals surface area contributed by atoms with Crippen LogP contribution in [0.5, 0.6) is 0 Å². The maximum Gasteiger partial charge on any atom is 0.319 e. The highest BCUT2D eigenvalue weighted by Crippen LogP contribution is 2.15. The topological polar surface area (TPSA) is 72.2 Å². The molecule has 0 aliphatic carbocycles. The Morgan fingerprint density at radius 2 is 2.07 bits per heavy atom. The van der Waals surface area contributed by atoms with Gasteiger partial charge in [-0.3, -0.25) is 10.1 Å². The largest absolute Gasteiger partial charge is 0.351 e. The Labute approximate surface area is 89.6 Å². The molecule has 3 N–H and O–H groups in total. The maximum atomic E-state index is 11.4. The standard InChI is InChI=1S/C9H9BrN2O2/c1-5-4-6(10)2-3-7(5)8(13)12-9(11)14/h2-4H,1H3,(H3,11,12,13,14).